The Morgan fingerprint density at radius 2 is 1.03 bits per heavy atom. The number of nitrogens with zero attached hydrogens (tertiary/aromatic N) is 5. The Bertz CT molecular complexity index is 565. The first-order valence-electron chi connectivity index (χ1n) is 16.8. The van der Waals surface area contributed by atoms with Crippen molar-refractivity contribution in [3.63, 3.8) is 0 Å². The van der Waals surface area contributed by atoms with Crippen LogP contribution in [0.5, 0.6) is 0 Å². The Kier molecular flexibility index (Phi) is 25.7. The highest BCUT2D eigenvalue weighted by Crippen LogP contribution is 2.06. The third kappa shape index (κ3) is 17.0. The molecule has 0 aromatic heterocycles. The van der Waals surface area contributed by atoms with Gasteiger partial charge in [0.25, 0.3) is 0 Å². The number of ether oxygens (including phenoxy) is 1. The van der Waals surface area contributed by atoms with Crippen LogP contribution in [-0.2, 0) is 4.74 Å². The van der Waals surface area contributed by atoms with Crippen LogP contribution in [0.15, 0.2) is 4.99 Å². The van der Waals surface area contributed by atoms with Crippen molar-refractivity contribution in [3.05, 3.63) is 0 Å². The minimum Gasteiger partial charge on any atom is -0.381 e. The number of guanidine groups is 2. The van der Waals surface area contributed by atoms with Gasteiger partial charge >= 0.3 is 5.96 Å². The summed E-state index contributed by atoms with van der Waals surface area (Å²) in [5.74, 6) is 2.54. The van der Waals surface area contributed by atoms with Crippen molar-refractivity contribution in [1.82, 2.24) is 20.0 Å². The van der Waals surface area contributed by atoms with Crippen molar-refractivity contribution in [2.24, 2.45) is 4.99 Å². The molecule has 0 atom stereocenters. The predicted molar refractivity (Wildman–Crippen MR) is 172 cm³/mol. The Hall–Kier alpha value is -1.50. The van der Waals surface area contributed by atoms with Gasteiger partial charge in [-0.3, -0.25) is 19.8 Å². The lowest BCUT2D eigenvalue weighted by molar-refractivity contribution is -0.535. The fourth-order valence-electron chi connectivity index (χ4n) is 5.08. The van der Waals surface area contributed by atoms with Crippen LogP contribution in [0.1, 0.15) is 120 Å². The summed E-state index contributed by atoms with van der Waals surface area (Å²) in [5, 5.41) is 3.80. The summed E-state index contributed by atoms with van der Waals surface area (Å²) < 4.78 is 8.60. The maximum atomic E-state index is 6.05. The number of nitrogens with one attached hydrogen (secondary N) is 1. The number of hydrogen-bond acceptors (Lipinski definition) is 2. The van der Waals surface area contributed by atoms with Gasteiger partial charge in [-0.25, -0.2) is 0 Å². The fraction of sp³-hybridized carbons (Fsp3) is 0.938. The van der Waals surface area contributed by atoms with E-state index < -0.39 is 0 Å². The lowest BCUT2D eigenvalue weighted by atomic mass is 10.3. The van der Waals surface area contributed by atoms with E-state index in [1.807, 2.05) is 0 Å². The van der Waals surface area contributed by atoms with E-state index in [1.54, 1.807) is 0 Å². The van der Waals surface area contributed by atoms with Crippen LogP contribution in [0.4, 0.5) is 0 Å². The molecule has 0 aliphatic rings. The van der Waals surface area contributed by atoms with Crippen LogP contribution >= 0.6 is 0 Å². The molecule has 0 fully saturated rings. The monoisotopic (exact) mass is 554 g/mol. The summed E-state index contributed by atoms with van der Waals surface area (Å²) in [4.78, 5) is 12.7. The topological polar surface area (TPSA) is 46.4 Å². The van der Waals surface area contributed by atoms with E-state index in [-0.39, 0.29) is 0 Å². The summed E-state index contributed by atoms with van der Waals surface area (Å²) in [6, 6.07) is 0. The van der Waals surface area contributed by atoms with Crippen molar-refractivity contribution in [2.45, 2.75) is 120 Å². The second-order valence-electron chi connectivity index (χ2n) is 10.7. The quantitative estimate of drug-likeness (QED) is 0.0659. The van der Waals surface area contributed by atoms with E-state index in [9.17, 15) is 0 Å². The van der Waals surface area contributed by atoms with Crippen LogP contribution in [0.25, 0.3) is 0 Å². The van der Waals surface area contributed by atoms with Gasteiger partial charge in [-0.15, -0.1) is 0 Å². The molecule has 0 bridgehead atoms. The Balaban J connectivity index is 4.91. The van der Waals surface area contributed by atoms with Crippen molar-refractivity contribution in [3.8, 4) is 0 Å². The molecule has 0 spiro atoms. The normalized spacial score (nSPS) is 10.9. The second kappa shape index (κ2) is 26.7. The van der Waals surface area contributed by atoms with Crippen LogP contribution < -0.4 is 5.32 Å². The smallest absolute Gasteiger partial charge is 0.348 e. The Morgan fingerprint density at radius 1 is 0.590 bits per heavy atom. The molecule has 0 saturated carbocycles. The highest BCUT2D eigenvalue weighted by molar-refractivity contribution is 5.80. The lowest BCUT2D eigenvalue weighted by Gasteiger charge is -2.34. The number of aliphatic imine (C=N–C) groups is 1. The maximum Gasteiger partial charge on any atom is 0.348 e. The highest BCUT2D eigenvalue weighted by atomic mass is 16.5. The van der Waals surface area contributed by atoms with E-state index in [2.05, 4.69) is 80.0 Å². The van der Waals surface area contributed by atoms with Crippen LogP contribution in [0.3, 0.4) is 0 Å². The molecule has 0 rings (SSSR count). The summed E-state index contributed by atoms with van der Waals surface area (Å²) in [6.07, 6.45) is 11.3. The van der Waals surface area contributed by atoms with E-state index >= 15 is 0 Å². The molecular weight excluding hydrogens is 484 g/mol. The van der Waals surface area contributed by atoms with Gasteiger partial charge in [-0.05, 0) is 57.8 Å². The van der Waals surface area contributed by atoms with Gasteiger partial charge in [-0.1, -0.05) is 55.4 Å². The maximum absolute atomic E-state index is 6.05. The number of rotatable bonds is 24. The van der Waals surface area contributed by atoms with Gasteiger partial charge in [-0.2, -0.15) is 0 Å². The fourth-order valence-corrected chi connectivity index (χ4v) is 5.08. The minimum absolute atomic E-state index is 0.784. The predicted octanol–water partition coefficient (Wildman–Crippen LogP) is 6.28. The summed E-state index contributed by atoms with van der Waals surface area (Å²) in [5.41, 5.74) is 0. The first kappa shape index (κ1) is 37.5. The van der Waals surface area contributed by atoms with Crippen LogP contribution in [0.2, 0.25) is 0 Å². The van der Waals surface area contributed by atoms with Crippen molar-refractivity contribution in [2.75, 3.05) is 78.7 Å². The van der Waals surface area contributed by atoms with Crippen molar-refractivity contribution < 1.29 is 9.31 Å². The molecule has 0 aromatic rings. The molecule has 0 saturated heterocycles. The highest BCUT2D eigenvalue weighted by Gasteiger charge is 2.20. The second-order valence-corrected chi connectivity index (χ2v) is 10.7. The van der Waals surface area contributed by atoms with Gasteiger partial charge in [0.15, 0.2) is 5.96 Å². The lowest BCUT2D eigenvalue weighted by Crippen LogP contribution is -2.49. The van der Waals surface area contributed by atoms with E-state index in [0.29, 0.717) is 0 Å². The van der Waals surface area contributed by atoms with Crippen LogP contribution in [0, 0.1) is 0 Å². The molecule has 1 N–H and O–H groups in total. The third-order valence-electron chi connectivity index (χ3n) is 6.56. The van der Waals surface area contributed by atoms with Crippen molar-refractivity contribution >= 4 is 11.9 Å². The molecule has 0 aliphatic heterocycles. The molecule has 0 aliphatic carbocycles. The molecule has 0 unspecified atom stereocenters. The average molecular weight is 554 g/mol. The van der Waals surface area contributed by atoms with Crippen LogP contribution in [-0.4, -0.2) is 110 Å². The summed E-state index contributed by atoms with van der Waals surface area (Å²) in [7, 11) is 0. The van der Waals surface area contributed by atoms with Crippen molar-refractivity contribution in [1.29, 1.82) is 0 Å². The minimum atomic E-state index is 0.784. The molecule has 0 aromatic carbocycles. The van der Waals surface area contributed by atoms with Gasteiger partial charge < -0.3 is 14.5 Å². The summed E-state index contributed by atoms with van der Waals surface area (Å²) >= 11 is 0. The Morgan fingerprint density at radius 3 is 1.46 bits per heavy atom. The van der Waals surface area contributed by atoms with E-state index in [0.717, 1.165) is 117 Å². The average Bonchev–Trinajstić information content (AvgIpc) is 2.92. The van der Waals surface area contributed by atoms with Gasteiger partial charge in [0, 0.05) is 52.4 Å². The first-order valence-corrected chi connectivity index (χ1v) is 16.8. The SMILES string of the molecule is CCCN(CCC)C(=NCCCOCCCNC(N(CCC)CCC)=[N+](CCC)CCC)N(CCC)CCC. The molecular formula is C32H69N6O+. The third-order valence-corrected chi connectivity index (χ3v) is 6.56. The van der Waals surface area contributed by atoms with E-state index in [1.165, 1.54) is 37.6 Å². The Labute approximate surface area is 244 Å². The molecule has 39 heavy (non-hydrogen) atoms. The molecule has 7 nitrogen and oxygen atoms in total. The summed E-state index contributed by atoms with van der Waals surface area (Å²) in [6.45, 7) is 30.4. The standard InChI is InChI=1S/C32H68N6O/c1-9-21-35(22-10-2)31(36(23-11-3)24-12-4)33-19-17-29-39-30-18-20-34-32(37(25-13-5)26-14-6)38(27-15-7)28-16-8/h9-30H2,1-8H3/p+1. The molecule has 0 heterocycles. The zero-order valence-electron chi connectivity index (χ0n) is 27.7. The first-order chi connectivity index (χ1) is 19.1. The zero-order chi connectivity index (χ0) is 29.1. The number of hydrogen-bond donors (Lipinski definition) is 1. The van der Waals surface area contributed by atoms with E-state index in [4.69, 9.17) is 9.73 Å². The van der Waals surface area contributed by atoms with Gasteiger partial charge in [0.05, 0.1) is 32.7 Å². The molecule has 0 radical (unpaired) electrons. The van der Waals surface area contributed by atoms with Gasteiger partial charge in [0.2, 0.25) is 0 Å². The molecule has 0 amide bonds. The van der Waals surface area contributed by atoms with Gasteiger partial charge in [0.1, 0.15) is 0 Å². The largest absolute Gasteiger partial charge is 0.381 e. The molecule has 7 heteroatoms. The zero-order valence-corrected chi connectivity index (χ0v) is 27.7. The molecule has 232 valence electrons.